The van der Waals surface area contributed by atoms with Crippen LogP contribution in [0.3, 0.4) is 0 Å². The molecule has 1 atom stereocenters. The molecule has 4 aliphatic rings. The number of allylic oxidation sites excluding steroid dienone is 2. The molecule has 288 valence electrons. The molecule has 0 bridgehead atoms. The molecule has 2 nitrogen and oxygen atoms in total. The summed E-state index contributed by atoms with van der Waals surface area (Å²) in [5.74, 6) is 1.53. The molecule has 0 N–H and O–H groups in total. The van der Waals surface area contributed by atoms with Gasteiger partial charge in [0.15, 0.2) is 0 Å². The van der Waals surface area contributed by atoms with Crippen molar-refractivity contribution in [3.05, 3.63) is 111 Å². The first kappa shape index (κ1) is 41.0. The molecule has 3 aromatic carbocycles. The first-order valence-electron chi connectivity index (χ1n) is 20.5. The van der Waals surface area contributed by atoms with E-state index >= 15 is 0 Å². The molecule has 6 heteroatoms. The average Bonchev–Trinajstić information content (AvgIpc) is 3.13. The predicted octanol–water partition coefficient (Wildman–Crippen LogP) is 14.6. The van der Waals surface area contributed by atoms with Gasteiger partial charge >= 0.3 is 34.5 Å². The number of halogens is 2. The van der Waals surface area contributed by atoms with E-state index in [0.717, 1.165) is 24.4 Å². The van der Waals surface area contributed by atoms with E-state index in [-0.39, 0.29) is 23.1 Å². The molecule has 1 aliphatic heterocycles. The van der Waals surface area contributed by atoms with Crippen molar-refractivity contribution in [3.63, 3.8) is 0 Å². The SMILES string of the molecule is Cc1cc(C)c(N2CCCN(c3c(C)cc(C)cc3C)C2=C2C(=Cc3ccccc3)CCCC2P(C2CCCCC2)C2CCCCC2)c(C)c1.[Cl][Ru][Cl]. The van der Waals surface area contributed by atoms with Gasteiger partial charge in [0, 0.05) is 35.7 Å². The van der Waals surface area contributed by atoms with Crippen LogP contribution in [0.4, 0.5) is 11.4 Å². The van der Waals surface area contributed by atoms with Gasteiger partial charge in [0.25, 0.3) is 0 Å². The molecule has 0 radical (unpaired) electrons. The molecule has 0 spiro atoms. The third-order valence-corrected chi connectivity index (χ3v) is 16.4. The summed E-state index contributed by atoms with van der Waals surface area (Å²) in [4.78, 5) is 5.68. The van der Waals surface area contributed by atoms with Crippen molar-refractivity contribution in [1.82, 2.24) is 0 Å². The van der Waals surface area contributed by atoms with Gasteiger partial charge in [-0.1, -0.05) is 118 Å². The Bertz CT molecular complexity index is 1610. The fourth-order valence-electron chi connectivity index (χ4n) is 10.7. The summed E-state index contributed by atoms with van der Waals surface area (Å²) in [7, 11) is 9.56. The van der Waals surface area contributed by atoms with E-state index in [1.807, 2.05) is 0 Å². The third kappa shape index (κ3) is 9.68. The summed E-state index contributed by atoms with van der Waals surface area (Å²) in [6.07, 6.45) is 22.2. The molecule has 7 rings (SSSR count). The van der Waals surface area contributed by atoms with E-state index in [1.165, 1.54) is 146 Å². The maximum atomic E-state index is 4.85. The van der Waals surface area contributed by atoms with Crippen molar-refractivity contribution in [2.75, 3.05) is 22.9 Å². The summed E-state index contributed by atoms with van der Waals surface area (Å²) in [6.45, 7) is 16.2. The van der Waals surface area contributed by atoms with Crippen LogP contribution >= 0.6 is 27.3 Å². The van der Waals surface area contributed by atoms with E-state index in [0.29, 0.717) is 5.66 Å². The normalized spacial score (nSPS) is 21.4. The summed E-state index contributed by atoms with van der Waals surface area (Å²) >= 11 is -0.346. The van der Waals surface area contributed by atoms with E-state index < -0.39 is 0 Å². The number of nitrogens with zero attached hydrogens (tertiary/aromatic N) is 2. The Morgan fingerprint density at radius 3 is 1.51 bits per heavy atom. The number of hydrogen-bond donors (Lipinski definition) is 0. The first-order valence-corrected chi connectivity index (χ1v) is 26.6. The zero-order valence-electron chi connectivity index (χ0n) is 33.3. The van der Waals surface area contributed by atoms with Crippen molar-refractivity contribution in [2.24, 2.45) is 0 Å². The quantitative estimate of drug-likeness (QED) is 0.180. The Hall–Kier alpha value is -1.63. The van der Waals surface area contributed by atoms with Crippen LogP contribution < -0.4 is 9.80 Å². The molecule has 3 aliphatic carbocycles. The van der Waals surface area contributed by atoms with Gasteiger partial charge in [0.05, 0.1) is 0 Å². The topological polar surface area (TPSA) is 6.48 Å². The Morgan fingerprint density at radius 1 is 0.604 bits per heavy atom. The molecular formula is C47H63Cl2N2PRu. The predicted molar refractivity (Wildman–Crippen MR) is 232 cm³/mol. The summed E-state index contributed by atoms with van der Waals surface area (Å²) in [5.41, 5.74) is 18.6. The monoisotopic (exact) mass is 858 g/mol. The fraction of sp³-hybridized carbons (Fsp3) is 0.532. The molecule has 4 fully saturated rings. The van der Waals surface area contributed by atoms with Crippen LogP contribution in [-0.2, 0) is 15.1 Å². The van der Waals surface area contributed by atoms with Gasteiger partial charge in [-0.25, -0.2) is 0 Å². The van der Waals surface area contributed by atoms with Crippen LogP contribution in [0.1, 0.15) is 129 Å². The van der Waals surface area contributed by atoms with Gasteiger partial charge < -0.3 is 9.80 Å². The number of benzene rings is 3. The van der Waals surface area contributed by atoms with Crippen molar-refractivity contribution in [2.45, 2.75) is 148 Å². The third-order valence-electron chi connectivity index (χ3n) is 12.4. The minimum atomic E-state index is -0.346. The number of hydrogen-bond acceptors (Lipinski definition) is 2. The van der Waals surface area contributed by atoms with Gasteiger partial charge in [0.1, 0.15) is 5.82 Å². The van der Waals surface area contributed by atoms with Crippen molar-refractivity contribution >= 4 is 44.8 Å². The molecule has 0 amide bonds. The average molecular weight is 859 g/mol. The number of rotatable bonds is 6. The van der Waals surface area contributed by atoms with E-state index in [4.69, 9.17) is 19.4 Å². The standard InChI is InChI=1S/C47H63N2P.2ClH.Ru/c1-33-28-35(3)45(36(4)29-33)48-26-17-27-49(46-37(5)30-34(2)31-38(46)6)47(48)44-40(32-39-18-10-7-11-19-39)20-16-25-43(44)50(41-21-12-8-13-22-41)42-23-14-9-15-24-42;;;/h7,10-11,18-19,28-32,41-43H,8-9,12-17,20-27H2,1-6H3;2*1H;/q;;;+2/p-2. The Kier molecular flexibility index (Phi) is 15.1. The van der Waals surface area contributed by atoms with Gasteiger partial charge in [-0.05, 0) is 138 Å². The Morgan fingerprint density at radius 2 is 1.06 bits per heavy atom. The van der Waals surface area contributed by atoms with Crippen molar-refractivity contribution < 1.29 is 15.1 Å². The zero-order valence-corrected chi connectivity index (χ0v) is 37.4. The molecule has 1 unspecified atom stereocenters. The van der Waals surface area contributed by atoms with Crippen molar-refractivity contribution in [3.8, 4) is 0 Å². The van der Waals surface area contributed by atoms with Gasteiger partial charge in [0.2, 0.25) is 0 Å². The van der Waals surface area contributed by atoms with Crippen LogP contribution in [0.15, 0.2) is 71.6 Å². The first-order chi connectivity index (χ1) is 25.7. The van der Waals surface area contributed by atoms with Crippen LogP contribution in [0.2, 0.25) is 0 Å². The fourth-order valence-corrected chi connectivity index (χ4v) is 15.3. The van der Waals surface area contributed by atoms with E-state index in [1.54, 1.807) is 11.1 Å². The van der Waals surface area contributed by atoms with Crippen LogP contribution in [-0.4, -0.2) is 30.1 Å². The Balaban J connectivity index is 0.00000155. The summed E-state index contributed by atoms with van der Waals surface area (Å²) < 4.78 is 0. The molecule has 3 saturated carbocycles. The molecular weight excluding hydrogens is 795 g/mol. The van der Waals surface area contributed by atoms with Crippen molar-refractivity contribution in [1.29, 1.82) is 0 Å². The number of anilines is 2. The second kappa shape index (κ2) is 19.5. The molecule has 53 heavy (non-hydrogen) atoms. The van der Waals surface area contributed by atoms with Crippen LogP contribution in [0.25, 0.3) is 6.08 Å². The van der Waals surface area contributed by atoms with Crippen LogP contribution in [0.5, 0.6) is 0 Å². The molecule has 1 saturated heterocycles. The van der Waals surface area contributed by atoms with Gasteiger partial charge in [-0.15, -0.1) is 0 Å². The second-order valence-corrected chi connectivity index (χ2v) is 22.1. The zero-order chi connectivity index (χ0) is 37.5. The molecule has 3 aromatic rings. The van der Waals surface area contributed by atoms with Gasteiger partial charge in [-0.3, -0.25) is 0 Å². The minimum absolute atomic E-state index is 0.149. The summed E-state index contributed by atoms with van der Waals surface area (Å²) in [6, 6.07) is 21.0. The maximum absolute atomic E-state index is 4.85. The number of aryl methyl sites for hydroxylation is 6. The molecule has 0 aromatic heterocycles. The van der Waals surface area contributed by atoms with E-state index in [9.17, 15) is 0 Å². The van der Waals surface area contributed by atoms with E-state index in [2.05, 4.69) is 112 Å². The van der Waals surface area contributed by atoms with Crippen LogP contribution in [0, 0.1) is 41.5 Å². The van der Waals surface area contributed by atoms with Gasteiger partial charge in [-0.2, -0.15) is 0 Å². The molecule has 1 heterocycles. The second-order valence-electron chi connectivity index (χ2n) is 16.5. The Labute approximate surface area is 339 Å². The summed E-state index contributed by atoms with van der Waals surface area (Å²) in [5, 5.41) is 0.